The Morgan fingerprint density at radius 3 is 2.74 bits per heavy atom. The highest BCUT2D eigenvalue weighted by Gasteiger charge is 2.31. The average molecular weight is 418 g/mol. The van der Waals surface area contributed by atoms with Crippen LogP contribution in [0.3, 0.4) is 0 Å². The fourth-order valence-electron chi connectivity index (χ4n) is 4.72. The molecule has 1 amide bonds. The summed E-state index contributed by atoms with van der Waals surface area (Å²) in [6.45, 7) is 9.36. The molecule has 5 rings (SSSR count). The van der Waals surface area contributed by atoms with Gasteiger partial charge in [-0.2, -0.15) is 0 Å². The van der Waals surface area contributed by atoms with Gasteiger partial charge in [0.2, 0.25) is 5.91 Å². The van der Waals surface area contributed by atoms with Crippen LogP contribution in [-0.4, -0.2) is 48.5 Å². The molecule has 1 aromatic carbocycles. The summed E-state index contributed by atoms with van der Waals surface area (Å²) in [5, 5.41) is 6.64. The van der Waals surface area contributed by atoms with Gasteiger partial charge < -0.3 is 20.4 Å². The molecule has 0 spiro atoms. The van der Waals surface area contributed by atoms with Gasteiger partial charge in [-0.25, -0.2) is 0 Å². The fourth-order valence-corrected chi connectivity index (χ4v) is 4.72. The Bertz CT molecular complexity index is 950. The van der Waals surface area contributed by atoms with E-state index in [2.05, 4.69) is 50.2 Å². The molecule has 3 heterocycles. The zero-order valence-electron chi connectivity index (χ0n) is 18.0. The van der Waals surface area contributed by atoms with Crippen molar-refractivity contribution in [3.05, 3.63) is 60.4 Å². The number of benzene rings is 1. The Balaban J connectivity index is 1.45. The smallest absolute Gasteiger partial charge is 0.227 e. The molecule has 2 aromatic rings. The van der Waals surface area contributed by atoms with Crippen molar-refractivity contribution in [3.63, 3.8) is 0 Å². The maximum atomic E-state index is 12.3. The Morgan fingerprint density at radius 1 is 1.16 bits per heavy atom. The lowest BCUT2D eigenvalue weighted by molar-refractivity contribution is -0.117. The highest BCUT2D eigenvalue weighted by Crippen LogP contribution is 2.37. The minimum absolute atomic E-state index is 0.151. The van der Waals surface area contributed by atoms with E-state index in [1.54, 1.807) is 0 Å². The van der Waals surface area contributed by atoms with Crippen molar-refractivity contribution in [3.8, 4) is 0 Å². The van der Waals surface area contributed by atoms with E-state index < -0.39 is 0 Å². The first-order valence-corrected chi connectivity index (χ1v) is 11.5. The summed E-state index contributed by atoms with van der Waals surface area (Å²) in [5.74, 6) is 0.351. The van der Waals surface area contributed by atoms with Gasteiger partial charge in [0.1, 0.15) is 0 Å². The van der Waals surface area contributed by atoms with Gasteiger partial charge in [-0.1, -0.05) is 12.6 Å². The van der Waals surface area contributed by atoms with Crippen LogP contribution < -0.4 is 15.5 Å². The van der Waals surface area contributed by atoms with Gasteiger partial charge in [0.15, 0.2) is 0 Å². The number of nitrogens with one attached hydrogen (secondary N) is 2. The maximum Gasteiger partial charge on any atom is 0.227 e. The predicted octanol–water partition coefficient (Wildman–Crippen LogP) is 3.65. The van der Waals surface area contributed by atoms with E-state index >= 15 is 0 Å². The molecular weight excluding hydrogens is 386 g/mol. The van der Waals surface area contributed by atoms with E-state index in [0.717, 1.165) is 62.5 Å². The van der Waals surface area contributed by atoms with Crippen LogP contribution in [0.5, 0.6) is 0 Å². The highest BCUT2D eigenvalue weighted by atomic mass is 16.2. The summed E-state index contributed by atoms with van der Waals surface area (Å²) in [7, 11) is 0. The third-order valence-corrected chi connectivity index (χ3v) is 6.63. The van der Waals surface area contributed by atoms with Crippen molar-refractivity contribution in [2.75, 3.05) is 42.9 Å². The van der Waals surface area contributed by atoms with E-state index in [4.69, 9.17) is 0 Å². The number of hydrogen-bond acceptors (Lipinski definition) is 5. The number of aromatic nitrogens is 1. The maximum absolute atomic E-state index is 12.3. The molecule has 6 nitrogen and oxygen atoms in total. The first-order valence-electron chi connectivity index (χ1n) is 11.5. The standard InChI is InChI=1S/C25H31N5O/c1-18(30-14-11-27-17-24(30)20-5-4-10-26-16-20)22-9-8-21(28-25(31)19-6-7-19)15-23(22)29-12-2-3-13-29/h4-5,8-10,15-16,19,24,27H,1-3,6-7,11-14,17H2,(H,28,31). The topological polar surface area (TPSA) is 60.5 Å². The second-order valence-corrected chi connectivity index (χ2v) is 8.84. The van der Waals surface area contributed by atoms with Gasteiger partial charge in [-0.05, 0) is 55.5 Å². The summed E-state index contributed by atoms with van der Waals surface area (Å²) in [6.07, 6.45) is 8.21. The molecule has 2 saturated heterocycles. The molecule has 0 radical (unpaired) electrons. The van der Waals surface area contributed by atoms with Crippen LogP contribution in [0.2, 0.25) is 0 Å². The van der Waals surface area contributed by atoms with Crippen molar-refractivity contribution >= 4 is 23.0 Å². The molecule has 1 atom stereocenters. The molecule has 1 saturated carbocycles. The van der Waals surface area contributed by atoms with Crippen LogP contribution in [0.15, 0.2) is 49.3 Å². The molecule has 2 aliphatic heterocycles. The summed E-state index contributed by atoms with van der Waals surface area (Å²) in [5.41, 5.74) is 5.46. The third kappa shape index (κ3) is 4.30. The lowest BCUT2D eigenvalue weighted by Gasteiger charge is -2.40. The summed E-state index contributed by atoms with van der Waals surface area (Å²) in [6, 6.07) is 10.7. The predicted molar refractivity (Wildman–Crippen MR) is 125 cm³/mol. The fraction of sp³-hybridized carbons (Fsp3) is 0.440. The van der Waals surface area contributed by atoms with E-state index in [-0.39, 0.29) is 17.9 Å². The summed E-state index contributed by atoms with van der Waals surface area (Å²) >= 11 is 0. The van der Waals surface area contributed by atoms with E-state index in [9.17, 15) is 4.79 Å². The first kappa shape index (κ1) is 20.1. The Morgan fingerprint density at radius 2 is 2.00 bits per heavy atom. The number of nitrogens with zero attached hydrogens (tertiary/aromatic N) is 3. The number of hydrogen-bond donors (Lipinski definition) is 2. The molecule has 31 heavy (non-hydrogen) atoms. The molecule has 1 aliphatic carbocycles. The summed E-state index contributed by atoms with van der Waals surface area (Å²) in [4.78, 5) is 21.5. The Kier molecular flexibility index (Phi) is 5.64. The van der Waals surface area contributed by atoms with Gasteiger partial charge >= 0.3 is 0 Å². The van der Waals surface area contributed by atoms with Crippen LogP contribution in [0.25, 0.3) is 5.70 Å². The lowest BCUT2D eigenvalue weighted by atomic mass is 10.0. The normalized spacial score (nSPS) is 21.2. The van der Waals surface area contributed by atoms with Crippen LogP contribution >= 0.6 is 0 Å². The molecule has 3 fully saturated rings. The first-order chi connectivity index (χ1) is 15.2. The van der Waals surface area contributed by atoms with Crippen LogP contribution in [-0.2, 0) is 4.79 Å². The minimum Gasteiger partial charge on any atom is -0.371 e. The molecule has 0 bridgehead atoms. The van der Waals surface area contributed by atoms with Crippen LogP contribution in [0.4, 0.5) is 11.4 Å². The van der Waals surface area contributed by atoms with Gasteiger partial charge in [-0.15, -0.1) is 0 Å². The monoisotopic (exact) mass is 417 g/mol. The summed E-state index contributed by atoms with van der Waals surface area (Å²) < 4.78 is 0. The minimum atomic E-state index is 0.151. The number of anilines is 2. The van der Waals surface area contributed by atoms with Crippen molar-refractivity contribution < 1.29 is 4.79 Å². The molecule has 3 aliphatic rings. The molecule has 162 valence electrons. The number of amides is 1. The number of piperazine rings is 1. The van der Waals surface area contributed by atoms with E-state index in [0.29, 0.717) is 0 Å². The average Bonchev–Trinajstić information content (AvgIpc) is 3.53. The van der Waals surface area contributed by atoms with Gasteiger partial charge in [0.25, 0.3) is 0 Å². The Labute approximate surface area is 184 Å². The molecule has 6 heteroatoms. The number of carbonyl (C=O) groups is 1. The highest BCUT2D eigenvalue weighted by molar-refractivity contribution is 5.95. The largest absolute Gasteiger partial charge is 0.371 e. The zero-order valence-corrected chi connectivity index (χ0v) is 18.0. The second kappa shape index (κ2) is 8.71. The van der Waals surface area contributed by atoms with Gasteiger partial charge in [0.05, 0.1) is 6.04 Å². The van der Waals surface area contributed by atoms with Crippen LogP contribution in [0, 0.1) is 5.92 Å². The SMILES string of the molecule is C=C(c1ccc(NC(=O)C2CC2)cc1N1CCCC1)N1CCNCC1c1cccnc1. The van der Waals surface area contributed by atoms with E-state index in [1.807, 2.05) is 24.5 Å². The second-order valence-electron chi connectivity index (χ2n) is 8.84. The van der Waals surface area contributed by atoms with Crippen molar-refractivity contribution in [1.29, 1.82) is 0 Å². The zero-order chi connectivity index (χ0) is 21.2. The number of pyridine rings is 1. The Hall–Kier alpha value is -2.86. The van der Waals surface area contributed by atoms with Gasteiger partial charge in [-0.3, -0.25) is 9.78 Å². The van der Waals surface area contributed by atoms with Crippen LogP contribution in [0.1, 0.15) is 42.9 Å². The van der Waals surface area contributed by atoms with Crippen molar-refractivity contribution in [2.45, 2.75) is 31.7 Å². The molecule has 1 aromatic heterocycles. The number of rotatable bonds is 6. The molecule has 1 unspecified atom stereocenters. The van der Waals surface area contributed by atoms with Crippen molar-refractivity contribution in [2.24, 2.45) is 5.92 Å². The lowest BCUT2D eigenvalue weighted by Crippen LogP contribution is -2.45. The molecular formula is C25H31N5O. The van der Waals surface area contributed by atoms with Crippen molar-refractivity contribution in [1.82, 2.24) is 15.2 Å². The number of carbonyl (C=O) groups excluding carboxylic acids is 1. The quantitative estimate of drug-likeness (QED) is 0.751. The molecule has 2 N–H and O–H groups in total. The third-order valence-electron chi connectivity index (χ3n) is 6.63. The van der Waals surface area contributed by atoms with E-state index in [1.165, 1.54) is 24.1 Å². The van der Waals surface area contributed by atoms with Gasteiger partial charge in [0, 0.05) is 73.7 Å².